The van der Waals surface area contributed by atoms with Crippen LogP contribution in [0.1, 0.15) is 5.69 Å². The smallest absolute Gasteiger partial charge is 0.234 e. The van der Waals surface area contributed by atoms with Crippen molar-refractivity contribution in [1.29, 1.82) is 0 Å². The molecule has 0 saturated carbocycles. The second-order valence-electron chi connectivity index (χ2n) is 5.00. The first-order valence-corrected chi connectivity index (χ1v) is 7.00. The number of nitrogens with zero attached hydrogens (tertiary/aromatic N) is 5. The van der Waals surface area contributed by atoms with Gasteiger partial charge in [0.2, 0.25) is 5.78 Å². The van der Waals surface area contributed by atoms with Gasteiger partial charge in [0.1, 0.15) is 5.69 Å². The summed E-state index contributed by atoms with van der Waals surface area (Å²) in [5, 5.41) is 0. The number of hydrogen-bond acceptors (Lipinski definition) is 4. The summed E-state index contributed by atoms with van der Waals surface area (Å²) in [6.45, 7) is 1.98. The molecule has 0 bridgehead atoms. The third kappa shape index (κ3) is 2.03. The molecule has 0 aromatic carbocycles. The summed E-state index contributed by atoms with van der Waals surface area (Å²) < 4.78 is 1.98. The van der Waals surface area contributed by atoms with Gasteiger partial charge in [0.15, 0.2) is 0 Å². The second kappa shape index (κ2) is 5.04. The van der Waals surface area contributed by atoms with E-state index in [0.717, 1.165) is 28.3 Å². The lowest BCUT2D eigenvalue weighted by Crippen LogP contribution is -1.92. The van der Waals surface area contributed by atoms with Crippen LogP contribution in [0.3, 0.4) is 0 Å². The van der Waals surface area contributed by atoms with E-state index < -0.39 is 0 Å². The summed E-state index contributed by atoms with van der Waals surface area (Å²) in [6, 6.07) is 11.8. The number of aryl methyl sites for hydroxylation is 1. The van der Waals surface area contributed by atoms with E-state index in [1.807, 2.05) is 53.9 Å². The molecule has 0 N–H and O–H groups in total. The van der Waals surface area contributed by atoms with Crippen LogP contribution in [0.25, 0.3) is 28.4 Å². The highest BCUT2D eigenvalue weighted by molar-refractivity contribution is 5.79. The Hall–Kier alpha value is -3.08. The minimum Gasteiger partial charge on any atom is -0.283 e. The summed E-state index contributed by atoms with van der Waals surface area (Å²) in [6.07, 6.45) is 7.26. The van der Waals surface area contributed by atoms with Gasteiger partial charge in [-0.05, 0) is 37.3 Å². The van der Waals surface area contributed by atoms with E-state index >= 15 is 0 Å². The van der Waals surface area contributed by atoms with E-state index in [1.54, 1.807) is 18.6 Å². The van der Waals surface area contributed by atoms with Crippen LogP contribution in [-0.4, -0.2) is 24.3 Å². The molecule has 0 aliphatic heterocycles. The van der Waals surface area contributed by atoms with Gasteiger partial charge >= 0.3 is 0 Å². The Labute approximate surface area is 127 Å². The van der Waals surface area contributed by atoms with Crippen LogP contribution >= 0.6 is 0 Å². The van der Waals surface area contributed by atoms with Gasteiger partial charge < -0.3 is 0 Å². The molecule has 5 heteroatoms. The first-order chi connectivity index (χ1) is 10.8. The average Bonchev–Trinajstić information content (AvgIpc) is 2.95. The maximum atomic E-state index is 4.67. The lowest BCUT2D eigenvalue weighted by atomic mass is 10.1. The van der Waals surface area contributed by atoms with Crippen LogP contribution < -0.4 is 0 Å². The van der Waals surface area contributed by atoms with Crippen molar-refractivity contribution in [1.82, 2.24) is 24.3 Å². The summed E-state index contributed by atoms with van der Waals surface area (Å²) in [7, 11) is 0. The maximum Gasteiger partial charge on any atom is 0.234 e. The van der Waals surface area contributed by atoms with E-state index in [-0.39, 0.29) is 0 Å². The number of hydrogen-bond donors (Lipinski definition) is 0. The van der Waals surface area contributed by atoms with E-state index in [0.29, 0.717) is 5.78 Å². The summed E-state index contributed by atoms with van der Waals surface area (Å²) >= 11 is 0. The fraction of sp³-hybridized carbons (Fsp3) is 0.0588. The summed E-state index contributed by atoms with van der Waals surface area (Å²) in [5.74, 6) is 0.660. The number of imidazole rings is 1. The minimum absolute atomic E-state index is 0.660. The molecule has 0 unspecified atom stereocenters. The third-order valence-electron chi connectivity index (χ3n) is 3.49. The minimum atomic E-state index is 0.660. The van der Waals surface area contributed by atoms with Crippen LogP contribution in [0.5, 0.6) is 0 Å². The Morgan fingerprint density at radius 1 is 0.909 bits per heavy atom. The van der Waals surface area contributed by atoms with E-state index in [9.17, 15) is 0 Å². The molecular formula is C17H13N5. The molecule has 4 aromatic rings. The van der Waals surface area contributed by atoms with Crippen LogP contribution in [0.4, 0.5) is 0 Å². The van der Waals surface area contributed by atoms with Crippen LogP contribution in [0.2, 0.25) is 0 Å². The summed E-state index contributed by atoms with van der Waals surface area (Å²) in [5.41, 5.74) is 4.64. The molecule has 0 radical (unpaired) electrons. The quantitative estimate of drug-likeness (QED) is 0.568. The number of aromatic nitrogens is 5. The number of pyridine rings is 2. The van der Waals surface area contributed by atoms with Crippen molar-refractivity contribution in [3.8, 4) is 22.6 Å². The monoisotopic (exact) mass is 287 g/mol. The van der Waals surface area contributed by atoms with Gasteiger partial charge in [0.25, 0.3) is 0 Å². The van der Waals surface area contributed by atoms with E-state index in [4.69, 9.17) is 0 Å². The highest BCUT2D eigenvalue weighted by Crippen LogP contribution is 2.30. The normalized spacial score (nSPS) is 11.0. The Balaban J connectivity index is 2.06. The molecule has 4 rings (SSSR count). The second-order valence-corrected chi connectivity index (χ2v) is 5.00. The molecule has 0 aliphatic carbocycles. The van der Waals surface area contributed by atoms with Gasteiger partial charge in [-0.25, -0.2) is 9.97 Å². The van der Waals surface area contributed by atoms with Gasteiger partial charge in [-0.1, -0.05) is 6.07 Å². The number of rotatable bonds is 2. The molecule has 4 aromatic heterocycles. The molecule has 5 nitrogen and oxygen atoms in total. The molecule has 0 spiro atoms. The maximum absolute atomic E-state index is 4.67. The highest BCUT2D eigenvalue weighted by atomic mass is 15.1. The molecule has 0 fully saturated rings. The zero-order chi connectivity index (χ0) is 14.9. The first-order valence-electron chi connectivity index (χ1n) is 7.00. The van der Waals surface area contributed by atoms with Crippen molar-refractivity contribution >= 4 is 5.78 Å². The van der Waals surface area contributed by atoms with Crippen LogP contribution in [0, 0.1) is 6.92 Å². The molecule has 106 valence electrons. The lowest BCUT2D eigenvalue weighted by Gasteiger charge is -2.05. The Morgan fingerprint density at radius 3 is 2.59 bits per heavy atom. The van der Waals surface area contributed by atoms with Gasteiger partial charge in [0, 0.05) is 36.0 Å². The SMILES string of the molecule is Cc1cccc(-c2nc3ncccn3c2-c2ccncc2)n1. The predicted octanol–water partition coefficient (Wildman–Crippen LogP) is 3.16. The molecule has 0 aliphatic rings. The van der Waals surface area contributed by atoms with Crippen molar-refractivity contribution < 1.29 is 0 Å². The molecule has 0 saturated heterocycles. The zero-order valence-corrected chi connectivity index (χ0v) is 12.0. The first kappa shape index (κ1) is 12.6. The van der Waals surface area contributed by atoms with Crippen molar-refractivity contribution in [3.63, 3.8) is 0 Å². The van der Waals surface area contributed by atoms with Gasteiger partial charge in [0.05, 0.1) is 11.4 Å². The Kier molecular flexibility index (Phi) is 2.89. The fourth-order valence-corrected chi connectivity index (χ4v) is 2.53. The fourth-order valence-electron chi connectivity index (χ4n) is 2.53. The number of fused-ring (bicyclic) bond motifs is 1. The van der Waals surface area contributed by atoms with Crippen molar-refractivity contribution in [2.75, 3.05) is 0 Å². The van der Waals surface area contributed by atoms with Crippen LogP contribution in [-0.2, 0) is 0 Å². The van der Waals surface area contributed by atoms with Gasteiger partial charge in [-0.3, -0.25) is 14.4 Å². The van der Waals surface area contributed by atoms with Gasteiger partial charge in [-0.2, -0.15) is 0 Å². The largest absolute Gasteiger partial charge is 0.283 e. The van der Waals surface area contributed by atoms with Crippen molar-refractivity contribution in [2.45, 2.75) is 6.92 Å². The summed E-state index contributed by atoms with van der Waals surface area (Å²) in [4.78, 5) is 17.7. The highest BCUT2D eigenvalue weighted by Gasteiger charge is 2.17. The molecule has 0 atom stereocenters. The molecule has 0 amide bonds. The third-order valence-corrected chi connectivity index (χ3v) is 3.49. The lowest BCUT2D eigenvalue weighted by molar-refractivity contribution is 1.11. The van der Waals surface area contributed by atoms with E-state index in [1.165, 1.54) is 0 Å². The van der Waals surface area contributed by atoms with Gasteiger partial charge in [-0.15, -0.1) is 0 Å². The van der Waals surface area contributed by atoms with E-state index in [2.05, 4.69) is 19.9 Å². The Bertz CT molecular complexity index is 944. The topological polar surface area (TPSA) is 56.0 Å². The Morgan fingerprint density at radius 2 is 1.77 bits per heavy atom. The molecular weight excluding hydrogens is 274 g/mol. The average molecular weight is 287 g/mol. The van der Waals surface area contributed by atoms with Crippen molar-refractivity contribution in [2.24, 2.45) is 0 Å². The standard InChI is InChI=1S/C17H13N5/c1-12-4-2-5-14(20-12)15-16(13-6-9-18-10-7-13)22-11-3-8-19-17(22)21-15/h2-11H,1H3. The zero-order valence-electron chi connectivity index (χ0n) is 12.0. The van der Waals surface area contributed by atoms with Crippen LogP contribution in [0.15, 0.2) is 61.2 Å². The molecule has 22 heavy (non-hydrogen) atoms. The molecule has 4 heterocycles. The predicted molar refractivity (Wildman–Crippen MR) is 84.2 cm³/mol. The van der Waals surface area contributed by atoms with Crippen molar-refractivity contribution in [3.05, 3.63) is 66.9 Å².